The Kier molecular flexibility index (Phi) is 5.17. The van der Waals surface area contributed by atoms with E-state index < -0.39 is 11.6 Å². The second-order valence-electron chi connectivity index (χ2n) is 5.68. The number of amides is 1. The summed E-state index contributed by atoms with van der Waals surface area (Å²) in [5, 5.41) is 2.72. The quantitative estimate of drug-likeness (QED) is 0.758. The molecule has 0 radical (unpaired) electrons. The van der Waals surface area contributed by atoms with E-state index in [0.29, 0.717) is 6.54 Å². The predicted molar refractivity (Wildman–Crippen MR) is 93.9 cm³/mol. The minimum atomic E-state index is -0.752. The molecule has 0 saturated heterocycles. The van der Waals surface area contributed by atoms with Gasteiger partial charge in [0.05, 0.1) is 5.69 Å². The van der Waals surface area contributed by atoms with Crippen LogP contribution in [0.4, 0.5) is 20.3 Å². The number of aromatic nitrogens is 2. The molecule has 0 unspecified atom stereocenters. The Morgan fingerprint density at radius 2 is 1.85 bits per heavy atom. The monoisotopic (exact) mass is 354 g/mol. The molecule has 1 aromatic heterocycles. The van der Waals surface area contributed by atoms with Gasteiger partial charge >= 0.3 is 0 Å². The molecule has 0 spiro atoms. The summed E-state index contributed by atoms with van der Waals surface area (Å²) in [6.45, 7) is 0.430. The number of carbonyl (C=O) groups excluding carboxylic acids is 1. The molecule has 0 aliphatic carbocycles. The fourth-order valence-electron chi connectivity index (χ4n) is 2.40. The molecule has 0 bridgehead atoms. The van der Waals surface area contributed by atoms with Crippen molar-refractivity contribution in [1.82, 2.24) is 14.9 Å². The van der Waals surface area contributed by atoms with Gasteiger partial charge in [0, 0.05) is 25.7 Å². The fourth-order valence-corrected chi connectivity index (χ4v) is 2.40. The highest BCUT2D eigenvalue weighted by atomic mass is 19.1. The van der Waals surface area contributed by atoms with Crippen molar-refractivity contribution in [3.8, 4) is 0 Å². The van der Waals surface area contributed by atoms with Gasteiger partial charge in [-0.05, 0) is 17.7 Å². The third-order valence-electron chi connectivity index (χ3n) is 3.69. The second kappa shape index (κ2) is 7.69. The van der Waals surface area contributed by atoms with Gasteiger partial charge in [0.15, 0.2) is 0 Å². The average molecular weight is 354 g/mol. The molecule has 1 N–H and O–H groups in total. The van der Waals surface area contributed by atoms with Crippen molar-refractivity contribution in [2.24, 2.45) is 0 Å². The van der Waals surface area contributed by atoms with Crippen LogP contribution in [0.5, 0.6) is 0 Å². The first-order chi connectivity index (χ1) is 12.5. The number of halogens is 2. The van der Waals surface area contributed by atoms with E-state index in [1.165, 1.54) is 23.4 Å². The lowest BCUT2D eigenvalue weighted by atomic mass is 10.2. The molecule has 0 aliphatic rings. The van der Waals surface area contributed by atoms with Crippen molar-refractivity contribution >= 4 is 17.4 Å². The molecule has 3 rings (SSSR count). The van der Waals surface area contributed by atoms with Crippen LogP contribution in [0.1, 0.15) is 16.1 Å². The predicted octanol–water partition coefficient (Wildman–Crippen LogP) is 3.77. The van der Waals surface area contributed by atoms with Crippen molar-refractivity contribution in [3.05, 3.63) is 83.8 Å². The molecule has 0 saturated carbocycles. The van der Waals surface area contributed by atoms with E-state index in [2.05, 4.69) is 15.3 Å². The first-order valence-corrected chi connectivity index (χ1v) is 7.86. The molecule has 132 valence electrons. The molecular weight excluding hydrogens is 338 g/mol. The molecule has 26 heavy (non-hydrogen) atoms. The maximum absolute atomic E-state index is 13.7. The van der Waals surface area contributed by atoms with Crippen LogP contribution in [0.25, 0.3) is 0 Å². The van der Waals surface area contributed by atoms with Crippen molar-refractivity contribution in [3.63, 3.8) is 0 Å². The molecule has 0 aliphatic heterocycles. The Morgan fingerprint density at radius 3 is 2.58 bits per heavy atom. The van der Waals surface area contributed by atoms with Gasteiger partial charge in [-0.2, -0.15) is 0 Å². The molecule has 0 atom stereocenters. The second-order valence-corrected chi connectivity index (χ2v) is 5.68. The molecule has 3 aromatic rings. The highest BCUT2D eigenvalue weighted by molar-refractivity contribution is 5.92. The van der Waals surface area contributed by atoms with Gasteiger partial charge in [0.2, 0.25) is 0 Å². The largest absolute Gasteiger partial charge is 0.338 e. The normalized spacial score (nSPS) is 10.4. The summed E-state index contributed by atoms with van der Waals surface area (Å²) < 4.78 is 26.7. The smallest absolute Gasteiger partial charge is 0.272 e. The molecule has 2 aromatic carbocycles. The third kappa shape index (κ3) is 4.18. The summed E-state index contributed by atoms with van der Waals surface area (Å²) in [6.07, 6.45) is 1.22. The van der Waals surface area contributed by atoms with E-state index in [1.807, 2.05) is 30.3 Å². The minimum absolute atomic E-state index is 0.0566. The van der Waals surface area contributed by atoms with E-state index in [4.69, 9.17) is 0 Å². The van der Waals surface area contributed by atoms with Crippen molar-refractivity contribution in [1.29, 1.82) is 0 Å². The number of nitrogens with zero attached hydrogens (tertiary/aromatic N) is 3. The summed E-state index contributed by atoms with van der Waals surface area (Å²) >= 11 is 0. The van der Waals surface area contributed by atoms with E-state index >= 15 is 0 Å². The van der Waals surface area contributed by atoms with E-state index in [9.17, 15) is 13.6 Å². The topological polar surface area (TPSA) is 58.1 Å². The zero-order valence-corrected chi connectivity index (χ0v) is 14.0. The number of anilines is 2. The third-order valence-corrected chi connectivity index (χ3v) is 3.69. The fraction of sp³-hybridized carbons (Fsp3) is 0.105. The number of rotatable bonds is 5. The van der Waals surface area contributed by atoms with Gasteiger partial charge in [0.1, 0.15) is 29.5 Å². The summed E-state index contributed by atoms with van der Waals surface area (Å²) in [5.41, 5.74) is 1.22. The van der Waals surface area contributed by atoms with Crippen LogP contribution in [0, 0.1) is 11.6 Å². The van der Waals surface area contributed by atoms with Gasteiger partial charge in [-0.25, -0.2) is 18.7 Å². The number of hydrogen-bond donors (Lipinski definition) is 1. The number of carbonyl (C=O) groups is 1. The number of nitrogens with one attached hydrogen (secondary N) is 1. The Labute approximate surface area is 149 Å². The Bertz CT molecular complexity index is 918. The highest BCUT2D eigenvalue weighted by Crippen LogP contribution is 2.19. The van der Waals surface area contributed by atoms with Gasteiger partial charge in [-0.3, -0.25) is 4.79 Å². The van der Waals surface area contributed by atoms with Crippen LogP contribution in [-0.4, -0.2) is 27.8 Å². The first kappa shape index (κ1) is 17.5. The molecule has 7 heteroatoms. The highest BCUT2D eigenvalue weighted by Gasteiger charge is 2.15. The summed E-state index contributed by atoms with van der Waals surface area (Å²) in [7, 11) is 1.67. The Morgan fingerprint density at radius 1 is 1.08 bits per heavy atom. The molecule has 5 nitrogen and oxygen atoms in total. The van der Waals surface area contributed by atoms with E-state index in [-0.39, 0.29) is 23.1 Å². The Balaban J connectivity index is 1.74. The van der Waals surface area contributed by atoms with Gasteiger partial charge in [0.25, 0.3) is 5.91 Å². The molecule has 1 amide bonds. The van der Waals surface area contributed by atoms with Gasteiger partial charge < -0.3 is 10.2 Å². The Hall–Kier alpha value is -3.35. The number of benzene rings is 2. The zero-order valence-electron chi connectivity index (χ0n) is 14.0. The van der Waals surface area contributed by atoms with Crippen LogP contribution in [0.15, 0.2) is 60.9 Å². The lowest BCUT2D eigenvalue weighted by Gasteiger charge is -2.17. The molecule has 0 fully saturated rings. The van der Waals surface area contributed by atoms with Crippen LogP contribution in [-0.2, 0) is 6.54 Å². The first-order valence-electron chi connectivity index (χ1n) is 7.86. The van der Waals surface area contributed by atoms with E-state index in [1.54, 1.807) is 7.05 Å². The van der Waals surface area contributed by atoms with Crippen LogP contribution in [0.3, 0.4) is 0 Å². The summed E-state index contributed by atoms with van der Waals surface area (Å²) in [5.74, 6) is -1.48. The molecular formula is C19H16F2N4O. The summed E-state index contributed by atoms with van der Waals surface area (Å²) in [6, 6.07) is 14.1. The maximum Gasteiger partial charge on any atom is 0.272 e. The van der Waals surface area contributed by atoms with Crippen molar-refractivity contribution in [2.45, 2.75) is 6.54 Å². The lowest BCUT2D eigenvalue weighted by Crippen LogP contribution is -2.27. The minimum Gasteiger partial charge on any atom is -0.338 e. The maximum atomic E-state index is 13.7. The van der Waals surface area contributed by atoms with Crippen LogP contribution in [0.2, 0.25) is 0 Å². The standard InChI is InChI=1S/C19H16F2N4O/c1-25(11-13-5-3-2-4-6-13)19(26)17-10-18(23-12-22-17)24-16-8-7-14(20)9-15(16)21/h2-10,12H,11H2,1H3,(H,22,23,24). The molecule has 1 heterocycles. The SMILES string of the molecule is CN(Cc1ccccc1)C(=O)c1cc(Nc2ccc(F)cc2F)ncn1. The van der Waals surface area contributed by atoms with E-state index in [0.717, 1.165) is 17.7 Å². The van der Waals surface area contributed by atoms with Crippen molar-refractivity contribution < 1.29 is 13.6 Å². The van der Waals surface area contributed by atoms with Gasteiger partial charge in [-0.15, -0.1) is 0 Å². The zero-order chi connectivity index (χ0) is 18.5. The summed E-state index contributed by atoms with van der Waals surface area (Å²) in [4.78, 5) is 22.0. The lowest BCUT2D eigenvalue weighted by molar-refractivity contribution is 0.0779. The van der Waals surface area contributed by atoms with Crippen LogP contribution >= 0.6 is 0 Å². The van der Waals surface area contributed by atoms with Crippen molar-refractivity contribution in [2.75, 3.05) is 12.4 Å². The van der Waals surface area contributed by atoms with Gasteiger partial charge in [-0.1, -0.05) is 30.3 Å². The van der Waals surface area contributed by atoms with Crippen LogP contribution < -0.4 is 5.32 Å². The average Bonchev–Trinajstić information content (AvgIpc) is 2.64. The number of hydrogen-bond acceptors (Lipinski definition) is 4.